The molecule has 2 heterocycles. The van der Waals surface area contributed by atoms with Crippen molar-refractivity contribution >= 4 is 35.6 Å². The number of halogens is 1. The van der Waals surface area contributed by atoms with E-state index in [1.165, 1.54) is 12.1 Å². The standard InChI is InChI=1S/C21H19ClN4O6/c1-3-31-21(28)17-10-18(14-4-6-15(22)7-5-14)25(13(17)2)12-19(27)24-23-11-16-8-9-20(32-16)26(29)30/h4-11H,3,12H2,1-2H3,(H,24,27)/b23-11+. The Kier molecular flexibility index (Phi) is 7.06. The summed E-state index contributed by atoms with van der Waals surface area (Å²) in [6, 6.07) is 11.2. The minimum atomic E-state index is -0.676. The largest absolute Gasteiger partial charge is 0.462 e. The number of ether oxygens (including phenoxy) is 1. The summed E-state index contributed by atoms with van der Waals surface area (Å²) in [5.74, 6) is -1.29. The third-order valence-corrected chi connectivity index (χ3v) is 4.73. The minimum Gasteiger partial charge on any atom is -0.462 e. The maximum atomic E-state index is 12.5. The van der Waals surface area contributed by atoms with Crippen LogP contribution in [0.3, 0.4) is 0 Å². The topological polar surface area (TPSA) is 129 Å². The zero-order chi connectivity index (χ0) is 23.3. The molecule has 3 aromatic rings. The van der Waals surface area contributed by atoms with Gasteiger partial charge in [0.05, 0.1) is 24.5 Å². The van der Waals surface area contributed by atoms with Gasteiger partial charge in [-0.3, -0.25) is 14.9 Å². The molecule has 166 valence electrons. The summed E-state index contributed by atoms with van der Waals surface area (Å²) in [5, 5.41) is 15.0. The highest BCUT2D eigenvalue weighted by atomic mass is 35.5. The monoisotopic (exact) mass is 458 g/mol. The fourth-order valence-electron chi connectivity index (χ4n) is 2.98. The third-order valence-electron chi connectivity index (χ3n) is 4.48. The zero-order valence-corrected chi connectivity index (χ0v) is 18.0. The number of nitrogens with one attached hydrogen (secondary N) is 1. The quantitative estimate of drug-likeness (QED) is 0.235. The molecule has 11 heteroatoms. The average molecular weight is 459 g/mol. The fraction of sp³-hybridized carbons (Fsp3) is 0.190. The molecule has 2 aromatic heterocycles. The normalized spacial score (nSPS) is 11.0. The number of aromatic nitrogens is 1. The van der Waals surface area contributed by atoms with Crippen molar-refractivity contribution in [3.63, 3.8) is 0 Å². The predicted octanol–water partition coefficient (Wildman–Crippen LogP) is 3.95. The van der Waals surface area contributed by atoms with Gasteiger partial charge in [0, 0.05) is 16.4 Å². The van der Waals surface area contributed by atoms with Crippen LogP contribution in [-0.4, -0.2) is 34.2 Å². The summed E-state index contributed by atoms with van der Waals surface area (Å²) in [6.07, 6.45) is 1.15. The molecular formula is C21H19ClN4O6. The molecule has 0 saturated carbocycles. The van der Waals surface area contributed by atoms with Crippen molar-refractivity contribution in [2.45, 2.75) is 20.4 Å². The van der Waals surface area contributed by atoms with Crippen molar-refractivity contribution in [1.29, 1.82) is 0 Å². The lowest BCUT2D eigenvalue weighted by atomic mass is 10.1. The van der Waals surface area contributed by atoms with E-state index >= 15 is 0 Å². The van der Waals surface area contributed by atoms with Crippen LogP contribution in [0.1, 0.15) is 28.7 Å². The lowest BCUT2D eigenvalue weighted by Crippen LogP contribution is -2.24. The van der Waals surface area contributed by atoms with E-state index in [-0.39, 0.29) is 18.9 Å². The van der Waals surface area contributed by atoms with Gasteiger partial charge in [0.25, 0.3) is 5.91 Å². The van der Waals surface area contributed by atoms with Crippen molar-refractivity contribution in [2.24, 2.45) is 5.10 Å². The molecule has 0 aliphatic heterocycles. The van der Waals surface area contributed by atoms with E-state index in [2.05, 4.69) is 10.5 Å². The van der Waals surface area contributed by atoms with Gasteiger partial charge in [-0.1, -0.05) is 23.7 Å². The van der Waals surface area contributed by atoms with Crippen LogP contribution in [0, 0.1) is 17.0 Å². The third kappa shape index (κ3) is 5.22. The number of amides is 1. The zero-order valence-electron chi connectivity index (χ0n) is 17.2. The molecule has 0 spiro atoms. The number of hydrazone groups is 1. The van der Waals surface area contributed by atoms with Crippen LogP contribution in [0.15, 0.2) is 52.0 Å². The second-order valence-electron chi connectivity index (χ2n) is 6.57. The Hall–Kier alpha value is -3.92. The highest BCUT2D eigenvalue weighted by Gasteiger charge is 2.21. The van der Waals surface area contributed by atoms with Crippen molar-refractivity contribution < 1.29 is 23.7 Å². The van der Waals surface area contributed by atoms with E-state index in [4.69, 9.17) is 20.8 Å². The summed E-state index contributed by atoms with van der Waals surface area (Å²) in [4.78, 5) is 34.8. The van der Waals surface area contributed by atoms with Gasteiger partial charge in [-0.15, -0.1) is 0 Å². The van der Waals surface area contributed by atoms with Gasteiger partial charge >= 0.3 is 11.9 Å². The molecule has 0 fully saturated rings. The Balaban J connectivity index is 1.82. The van der Waals surface area contributed by atoms with Gasteiger partial charge in [-0.25, -0.2) is 10.2 Å². The summed E-state index contributed by atoms with van der Waals surface area (Å²) < 4.78 is 11.7. The molecule has 0 aliphatic rings. The van der Waals surface area contributed by atoms with Crippen molar-refractivity contribution in [3.05, 3.63) is 74.6 Å². The highest BCUT2D eigenvalue weighted by Crippen LogP contribution is 2.27. The first-order valence-electron chi connectivity index (χ1n) is 9.49. The van der Waals surface area contributed by atoms with Gasteiger partial charge in [0.2, 0.25) is 0 Å². The first-order chi connectivity index (χ1) is 15.3. The lowest BCUT2D eigenvalue weighted by molar-refractivity contribution is -0.402. The molecule has 32 heavy (non-hydrogen) atoms. The second-order valence-corrected chi connectivity index (χ2v) is 7.00. The molecule has 0 saturated heterocycles. The van der Waals surface area contributed by atoms with Crippen LogP contribution < -0.4 is 5.43 Å². The highest BCUT2D eigenvalue weighted by molar-refractivity contribution is 6.30. The Morgan fingerprint density at radius 1 is 1.28 bits per heavy atom. The maximum Gasteiger partial charge on any atom is 0.433 e. The Morgan fingerprint density at radius 2 is 2.00 bits per heavy atom. The van der Waals surface area contributed by atoms with Crippen molar-refractivity contribution in [1.82, 2.24) is 9.99 Å². The lowest BCUT2D eigenvalue weighted by Gasteiger charge is -2.11. The summed E-state index contributed by atoms with van der Waals surface area (Å²) >= 11 is 5.97. The van der Waals surface area contributed by atoms with Crippen LogP contribution in [-0.2, 0) is 16.1 Å². The van der Waals surface area contributed by atoms with E-state index < -0.39 is 22.7 Å². The number of hydrogen-bond acceptors (Lipinski definition) is 7. The van der Waals surface area contributed by atoms with Crippen molar-refractivity contribution in [2.75, 3.05) is 6.61 Å². The van der Waals surface area contributed by atoms with E-state index in [1.54, 1.807) is 48.7 Å². The van der Waals surface area contributed by atoms with Crippen LogP contribution in [0.2, 0.25) is 5.02 Å². The molecule has 1 aromatic carbocycles. The second kappa shape index (κ2) is 9.92. The molecule has 0 unspecified atom stereocenters. The van der Waals surface area contributed by atoms with Gasteiger partial charge in [0.15, 0.2) is 5.76 Å². The van der Waals surface area contributed by atoms with Gasteiger partial charge in [-0.05, 0) is 43.7 Å². The van der Waals surface area contributed by atoms with Gasteiger partial charge in [-0.2, -0.15) is 5.10 Å². The number of carbonyl (C=O) groups excluding carboxylic acids is 2. The van der Waals surface area contributed by atoms with E-state index in [9.17, 15) is 19.7 Å². The molecule has 1 amide bonds. The van der Waals surface area contributed by atoms with E-state index in [1.807, 2.05) is 0 Å². The summed E-state index contributed by atoms with van der Waals surface area (Å²) in [5.41, 5.74) is 4.62. The number of carbonyl (C=O) groups is 2. The van der Waals surface area contributed by atoms with Crippen molar-refractivity contribution in [3.8, 4) is 11.3 Å². The molecular weight excluding hydrogens is 440 g/mol. The van der Waals surface area contributed by atoms with Gasteiger partial charge in [0.1, 0.15) is 11.5 Å². The molecule has 1 N–H and O–H groups in total. The number of hydrogen-bond donors (Lipinski definition) is 1. The molecule has 10 nitrogen and oxygen atoms in total. The predicted molar refractivity (Wildman–Crippen MR) is 117 cm³/mol. The number of nitro groups is 1. The minimum absolute atomic E-state index is 0.112. The van der Waals surface area contributed by atoms with Crippen LogP contribution in [0.5, 0.6) is 0 Å². The summed E-state index contributed by atoms with van der Waals surface area (Å²) in [6.45, 7) is 3.51. The Bertz CT molecular complexity index is 1180. The molecule has 0 atom stereocenters. The Morgan fingerprint density at radius 3 is 2.62 bits per heavy atom. The summed E-state index contributed by atoms with van der Waals surface area (Å²) in [7, 11) is 0. The van der Waals surface area contributed by atoms with E-state index in [0.29, 0.717) is 22.0 Å². The number of furan rings is 1. The van der Waals surface area contributed by atoms with Crippen LogP contribution in [0.25, 0.3) is 11.3 Å². The molecule has 0 aliphatic carbocycles. The SMILES string of the molecule is CCOC(=O)c1cc(-c2ccc(Cl)cc2)n(CC(=O)N/N=C/c2ccc([N+](=O)[O-])o2)c1C. The number of esters is 1. The fourth-order valence-corrected chi connectivity index (χ4v) is 3.11. The molecule has 0 radical (unpaired) electrons. The molecule has 0 bridgehead atoms. The van der Waals surface area contributed by atoms with Gasteiger partial charge < -0.3 is 13.7 Å². The maximum absolute atomic E-state index is 12.5. The Labute approximate surface area is 187 Å². The average Bonchev–Trinajstić information content (AvgIpc) is 3.35. The first-order valence-corrected chi connectivity index (χ1v) is 9.87. The van der Waals surface area contributed by atoms with Crippen LogP contribution in [0.4, 0.5) is 5.88 Å². The van der Waals surface area contributed by atoms with E-state index in [0.717, 1.165) is 11.8 Å². The smallest absolute Gasteiger partial charge is 0.433 e. The number of rotatable bonds is 8. The molecule has 3 rings (SSSR count). The number of nitrogens with zero attached hydrogens (tertiary/aromatic N) is 3. The number of benzene rings is 1. The van der Waals surface area contributed by atoms with Crippen LogP contribution >= 0.6 is 11.6 Å². The first kappa shape index (κ1) is 22.8.